The number of nitrogens with one attached hydrogen (secondary N) is 1. The number of carboxylic acids is 1. The Bertz CT molecular complexity index is 486. The summed E-state index contributed by atoms with van der Waals surface area (Å²) >= 11 is 0. The van der Waals surface area contributed by atoms with Crippen LogP contribution >= 0.6 is 0 Å². The molecule has 0 radical (unpaired) electrons. The molecule has 7 heteroatoms. The van der Waals surface area contributed by atoms with Crippen molar-refractivity contribution in [2.45, 2.75) is 45.9 Å². The fourth-order valence-electron chi connectivity index (χ4n) is 2.38. The van der Waals surface area contributed by atoms with Gasteiger partial charge in [-0.05, 0) is 19.8 Å². The van der Waals surface area contributed by atoms with Gasteiger partial charge in [-0.2, -0.15) is 5.26 Å². The molecule has 0 aromatic rings. The molecule has 7 nitrogen and oxygen atoms in total. The van der Waals surface area contributed by atoms with Gasteiger partial charge in [0.1, 0.15) is 17.7 Å². The maximum Gasteiger partial charge on any atom is 0.326 e. The number of carbonyl (C=O) groups is 2. The summed E-state index contributed by atoms with van der Waals surface area (Å²) in [5, 5.41) is 20.9. The average Bonchev–Trinajstić information content (AvgIpc) is 2.41. The van der Waals surface area contributed by atoms with Crippen molar-refractivity contribution in [2.75, 3.05) is 13.1 Å². The number of morpholine rings is 1. The van der Waals surface area contributed by atoms with E-state index in [9.17, 15) is 9.59 Å². The highest BCUT2D eigenvalue weighted by atomic mass is 16.5. The highest BCUT2D eigenvalue weighted by Gasteiger charge is 2.28. The quantitative estimate of drug-likeness (QED) is 0.573. The van der Waals surface area contributed by atoms with Gasteiger partial charge in [-0.1, -0.05) is 13.8 Å². The second-order valence-corrected chi connectivity index (χ2v) is 5.86. The monoisotopic (exact) mass is 309 g/mol. The van der Waals surface area contributed by atoms with E-state index in [1.165, 1.54) is 6.20 Å². The van der Waals surface area contributed by atoms with E-state index in [0.29, 0.717) is 13.1 Å². The molecule has 22 heavy (non-hydrogen) atoms. The van der Waals surface area contributed by atoms with Gasteiger partial charge in [0.25, 0.3) is 5.91 Å². The van der Waals surface area contributed by atoms with Crippen molar-refractivity contribution >= 4 is 11.9 Å². The smallest absolute Gasteiger partial charge is 0.326 e. The van der Waals surface area contributed by atoms with E-state index in [2.05, 4.69) is 5.32 Å². The number of rotatable bonds is 5. The Morgan fingerprint density at radius 3 is 2.32 bits per heavy atom. The number of hydrogen-bond donors (Lipinski definition) is 2. The summed E-state index contributed by atoms with van der Waals surface area (Å²) in [7, 11) is 0. The van der Waals surface area contributed by atoms with Gasteiger partial charge in [0.2, 0.25) is 0 Å². The lowest BCUT2D eigenvalue weighted by Crippen LogP contribution is -2.48. The van der Waals surface area contributed by atoms with E-state index in [-0.39, 0.29) is 23.7 Å². The topological polar surface area (TPSA) is 103 Å². The zero-order valence-electron chi connectivity index (χ0n) is 13.4. The van der Waals surface area contributed by atoms with Crippen LogP contribution in [0.5, 0.6) is 0 Å². The van der Waals surface area contributed by atoms with Crippen molar-refractivity contribution in [3.8, 4) is 6.07 Å². The van der Waals surface area contributed by atoms with Crippen molar-refractivity contribution < 1.29 is 19.4 Å². The first-order chi connectivity index (χ1) is 10.3. The first kappa shape index (κ1) is 18.0. The van der Waals surface area contributed by atoms with Crippen LogP contribution < -0.4 is 5.32 Å². The third kappa shape index (κ3) is 4.74. The standard InChI is InChI=1S/C15H23N3O4/c1-9(2)13(15(20)21)17-6-12(5-16)14(19)18-7-10(3)22-11(4)8-18/h6,9-11,13,17H,7-8H2,1-4H3,(H,20,21)/b12-6-. The van der Waals surface area contributed by atoms with Gasteiger partial charge < -0.3 is 20.1 Å². The summed E-state index contributed by atoms with van der Waals surface area (Å²) in [6.07, 6.45) is 1.01. The van der Waals surface area contributed by atoms with Crippen LogP contribution in [0.4, 0.5) is 0 Å². The van der Waals surface area contributed by atoms with Gasteiger partial charge in [0.05, 0.1) is 12.2 Å². The lowest BCUT2D eigenvalue weighted by Gasteiger charge is -2.35. The van der Waals surface area contributed by atoms with Crippen LogP contribution in [-0.4, -0.2) is 53.2 Å². The molecule has 0 aromatic heterocycles. The number of amides is 1. The second kappa shape index (κ2) is 7.80. The molecular weight excluding hydrogens is 286 g/mol. The second-order valence-electron chi connectivity index (χ2n) is 5.86. The van der Waals surface area contributed by atoms with Gasteiger partial charge in [-0.15, -0.1) is 0 Å². The minimum atomic E-state index is -1.02. The van der Waals surface area contributed by atoms with E-state index >= 15 is 0 Å². The molecule has 122 valence electrons. The van der Waals surface area contributed by atoms with Gasteiger partial charge in [0, 0.05) is 19.3 Å². The Labute approximate surface area is 130 Å². The number of nitrogens with zero attached hydrogens (tertiary/aromatic N) is 2. The molecule has 1 rings (SSSR count). The molecular formula is C15H23N3O4. The Morgan fingerprint density at radius 2 is 1.91 bits per heavy atom. The summed E-state index contributed by atoms with van der Waals surface area (Å²) in [5.74, 6) is -1.61. The van der Waals surface area contributed by atoms with Gasteiger partial charge in [-0.25, -0.2) is 4.79 Å². The predicted molar refractivity (Wildman–Crippen MR) is 79.7 cm³/mol. The number of carbonyl (C=O) groups excluding carboxylic acids is 1. The van der Waals surface area contributed by atoms with Crippen LogP contribution in [0.1, 0.15) is 27.7 Å². The van der Waals surface area contributed by atoms with Crippen LogP contribution in [0.15, 0.2) is 11.8 Å². The normalized spacial score (nSPS) is 23.8. The molecule has 2 N–H and O–H groups in total. The van der Waals surface area contributed by atoms with Crippen molar-refractivity contribution in [1.82, 2.24) is 10.2 Å². The summed E-state index contributed by atoms with van der Waals surface area (Å²) in [6, 6.07) is 0.987. The highest BCUT2D eigenvalue weighted by Crippen LogP contribution is 2.13. The Morgan fingerprint density at radius 1 is 1.36 bits per heavy atom. The molecule has 0 saturated carbocycles. The minimum absolute atomic E-state index is 0.0944. The van der Waals surface area contributed by atoms with Gasteiger partial charge >= 0.3 is 5.97 Å². The van der Waals surface area contributed by atoms with E-state index in [1.807, 2.05) is 19.9 Å². The Kier molecular flexibility index (Phi) is 6.38. The highest BCUT2D eigenvalue weighted by molar-refractivity contribution is 5.97. The largest absolute Gasteiger partial charge is 0.480 e. The van der Waals surface area contributed by atoms with Crippen LogP contribution in [0.3, 0.4) is 0 Å². The molecule has 0 spiro atoms. The molecule has 3 unspecified atom stereocenters. The number of nitriles is 1. The third-order valence-electron chi connectivity index (χ3n) is 3.40. The molecule has 1 fully saturated rings. The lowest BCUT2D eigenvalue weighted by molar-refractivity contribution is -0.140. The number of hydrogen-bond acceptors (Lipinski definition) is 5. The molecule has 1 saturated heterocycles. The molecule has 0 bridgehead atoms. The maximum absolute atomic E-state index is 12.4. The predicted octanol–water partition coefficient (Wildman–Crippen LogP) is 0.728. The Hall–Kier alpha value is -2.07. The zero-order chi connectivity index (χ0) is 16.9. The molecule has 3 atom stereocenters. The van der Waals surface area contributed by atoms with Crippen molar-refractivity contribution in [3.63, 3.8) is 0 Å². The molecule has 0 aromatic carbocycles. The molecule has 1 heterocycles. The molecule has 1 amide bonds. The van der Waals surface area contributed by atoms with E-state index in [4.69, 9.17) is 15.1 Å². The van der Waals surface area contributed by atoms with E-state index in [0.717, 1.165) is 0 Å². The first-order valence-corrected chi connectivity index (χ1v) is 7.30. The Balaban J connectivity index is 2.82. The van der Waals surface area contributed by atoms with Crippen LogP contribution in [0.25, 0.3) is 0 Å². The third-order valence-corrected chi connectivity index (χ3v) is 3.40. The fraction of sp³-hybridized carbons (Fsp3) is 0.667. The SMILES string of the molecule is CC1CN(C(=O)/C(C#N)=C\NC(C(=O)O)C(C)C)CC(C)O1. The summed E-state index contributed by atoms with van der Waals surface area (Å²) < 4.78 is 5.55. The molecule has 0 aliphatic carbocycles. The van der Waals surface area contributed by atoms with Crippen molar-refractivity contribution in [3.05, 3.63) is 11.8 Å². The molecule has 1 aliphatic rings. The van der Waals surface area contributed by atoms with Crippen molar-refractivity contribution in [1.29, 1.82) is 5.26 Å². The van der Waals surface area contributed by atoms with E-state index < -0.39 is 17.9 Å². The number of ether oxygens (including phenoxy) is 1. The van der Waals surface area contributed by atoms with Crippen molar-refractivity contribution in [2.24, 2.45) is 5.92 Å². The maximum atomic E-state index is 12.4. The summed E-state index contributed by atoms with van der Waals surface area (Å²) in [4.78, 5) is 25.0. The summed E-state index contributed by atoms with van der Waals surface area (Å²) in [5.41, 5.74) is -0.104. The number of aliphatic carboxylic acids is 1. The molecule has 1 aliphatic heterocycles. The zero-order valence-corrected chi connectivity index (χ0v) is 13.4. The van der Waals surface area contributed by atoms with E-state index in [1.54, 1.807) is 18.7 Å². The fourth-order valence-corrected chi connectivity index (χ4v) is 2.38. The van der Waals surface area contributed by atoms with Crippen LogP contribution in [0, 0.1) is 17.2 Å². The van der Waals surface area contributed by atoms with Gasteiger partial charge in [0.15, 0.2) is 0 Å². The van der Waals surface area contributed by atoms with Crippen LogP contribution in [-0.2, 0) is 14.3 Å². The average molecular weight is 309 g/mol. The van der Waals surface area contributed by atoms with Gasteiger partial charge in [-0.3, -0.25) is 4.79 Å². The first-order valence-electron chi connectivity index (χ1n) is 7.30. The lowest BCUT2D eigenvalue weighted by atomic mass is 10.1. The minimum Gasteiger partial charge on any atom is -0.480 e. The summed E-state index contributed by atoms with van der Waals surface area (Å²) in [6.45, 7) is 8.05. The number of carboxylic acid groups (broad SMARTS) is 1. The van der Waals surface area contributed by atoms with Crippen LogP contribution in [0.2, 0.25) is 0 Å².